The fourth-order valence-electron chi connectivity index (χ4n) is 3.19. The molecule has 0 aliphatic carbocycles. The summed E-state index contributed by atoms with van der Waals surface area (Å²) in [7, 11) is 0. The van der Waals surface area contributed by atoms with Crippen LogP contribution in [0.4, 0.5) is 0 Å². The Labute approximate surface area is 174 Å². The van der Waals surface area contributed by atoms with Crippen LogP contribution < -0.4 is 5.56 Å². The second-order valence-corrected chi connectivity index (χ2v) is 7.77. The Balaban J connectivity index is 1.92. The number of amides is 1. The SMILES string of the molecule is CCSc1ncc2c(=O)n(C(CC)C(=O)N(CC)Cc3ccccc3)cnc2n1. The summed E-state index contributed by atoms with van der Waals surface area (Å²) >= 11 is 1.49. The van der Waals surface area contributed by atoms with E-state index in [4.69, 9.17) is 0 Å². The van der Waals surface area contributed by atoms with E-state index in [0.717, 1.165) is 11.3 Å². The molecule has 0 spiro atoms. The third-order valence-corrected chi connectivity index (χ3v) is 5.45. The lowest BCUT2D eigenvalue weighted by molar-refractivity contribution is -0.135. The molecule has 152 valence electrons. The minimum Gasteiger partial charge on any atom is -0.337 e. The van der Waals surface area contributed by atoms with E-state index in [1.54, 1.807) is 4.90 Å². The van der Waals surface area contributed by atoms with Crippen LogP contribution in [0, 0.1) is 0 Å². The van der Waals surface area contributed by atoms with Gasteiger partial charge < -0.3 is 4.90 Å². The average molecular weight is 412 g/mol. The first-order valence-electron chi connectivity index (χ1n) is 9.78. The molecule has 8 heteroatoms. The summed E-state index contributed by atoms with van der Waals surface area (Å²) in [5.74, 6) is 0.740. The quantitative estimate of drug-likeness (QED) is 0.418. The zero-order valence-corrected chi connectivity index (χ0v) is 17.7. The number of nitrogens with zero attached hydrogens (tertiary/aromatic N) is 5. The molecule has 0 aliphatic rings. The molecule has 2 aromatic heterocycles. The van der Waals surface area contributed by atoms with Gasteiger partial charge in [-0.05, 0) is 24.7 Å². The number of rotatable bonds is 8. The molecule has 3 aromatic rings. The number of hydrogen-bond acceptors (Lipinski definition) is 6. The molecule has 7 nitrogen and oxygen atoms in total. The van der Waals surface area contributed by atoms with Crippen LogP contribution in [0.3, 0.4) is 0 Å². The Morgan fingerprint density at radius 1 is 1.17 bits per heavy atom. The summed E-state index contributed by atoms with van der Waals surface area (Å²) in [4.78, 5) is 40.9. The van der Waals surface area contributed by atoms with E-state index < -0.39 is 6.04 Å². The zero-order chi connectivity index (χ0) is 20.8. The van der Waals surface area contributed by atoms with Gasteiger partial charge in [0.25, 0.3) is 5.56 Å². The minimum absolute atomic E-state index is 0.0961. The summed E-state index contributed by atoms with van der Waals surface area (Å²) in [6.45, 7) is 6.91. The lowest BCUT2D eigenvalue weighted by Gasteiger charge is -2.27. The predicted octanol–water partition coefficient (Wildman–Crippen LogP) is 3.30. The maximum Gasteiger partial charge on any atom is 0.265 e. The molecule has 0 saturated heterocycles. The summed E-state index contributed by atoms with van der Waals surface area (Å²) < 4.78 is 1.41. The van der Waals surface area contributed by atoms with Gasteiger partial charge in [0.15, 0.2) is 10.8 Å². The van der Waals surface area contributed by atoms with Crippen molar-refractivity contribution in [1.82, 2.24) is 24.4 Å². The van der Waals surface area contributed by atoms with Crippen molar-refractivity contribution in [2.75, 3.05) is 12.3 Å². The zero-order valence-electron chi connectivity index (χ0n) is 16.9. The molecule has 0 fully saturated rings. The Kier molecular flexibility index (Phi) is 6.98. The second-order valence-electron chi connectivity index (χ2n) is 6.54. The largest absolute Gasteiger partial charge is 0.337 e. The fourth-order valence-corrected chi connectivity index (χ4v) is 3.72. The topological polar surface area (TPSA) is 81.0 Å². The van der Waals surface area contributed by atoms with Crippen molar-refractivity contribution < 1.29 is 4.79 Å². The van der Waals surface area contributed by atoms with Crippen LogP contribution in [0.15, 0.2) is 52.8 Å². The van der Waals surface area contributed by atoms with E-state index >= 15 is 0 Å². The van der Waals surface area contributed by atoms with Gasteiger partial charge in [0.2, 0.25) is 5.91 Å². The molecule has 0 bridgehead atoms. The van der Waals surface area contributed by atoms with Crippen LogP contribution in [0.25, 0.3) is 11.0 Å². The average Bonchev–Trinajstić information content (AvgIpc) is 2.75. The number of benzene rings is 1. The number of carbonyl (C=O) groups is 1. The Hall–Kier alpha value is -2.74. The standard InChI is InChI=1S/C21H25N5O2S/c1-4-17(20(28)25(5-2)13-15-10-8-7-9-11-15)26-14-23-18-16(19(26)27)12-22-21(24-18)29-6-3/h7-12,14,17H,4-6,13H2,1-3H3. The Morgan fingerprint density at radius 2 is 1.93 bits per heavy atom. The third kappa shape index (κ3) is 4.64. The lowest BCUT2D eigenvalue weighted by Crippen LogP contribution is -2.40. The number of aromatic nitrogens is 4. The lowest BCUT2D eigenvalue weighted by atomic mass is 10.1. The molecule has 2 heterocycles. The van der Waals surface area contributed by atoms with Gasteiger partial charge >= 0.3 is 0 Å². The highest BCUT2D eigenvalue weighted by Crippen LogP contribution is 2.18. The highest BCUT2D eigenvalue weighted by Gasteiger charge is 2.25. The van der Waals surface area contributed by atoms with E-state index in [2.05, 4.69) is 15.0 Å². The van der Waals surface area contributed by atoms with Crippen LogP contribution in [-0.4, -0.2) is 42.6 Å². The van der Waals surface area contributed by atoms with E-state index in [1.807, 2.05) is 51.1 Å². The van der Waals surface area contributed by atoms with Gasteiger partial charge in [-0.2, -0.15) is 0 Å². The van der Waals surface area contributed by atoms with Crippen molar-refractivity contribution in [2.45, 2.75) is 44.9 Å². The number of carbonyl (C=O) groups excluding carboxylic acids is 1. The normalized spacial score (nSPS) is 12.1. The molecule has 29 heavy (non-hydrogen) atoms. The number of likely N-dealkylation sites (N-methyl/N-ethyl adjacent to an activating group) is 1. The first-order valence-corrected chi connectivity index (χ1v) is 10.8. The molecule has 1 unspecified atom stereocenters. The van der Waals surface area contributed by atoms with E-state index in [9.17, 15) is 9.59 Å². The molecule has 1 aromatic carbocycles. The molecule has 0 radical (unpaired) electrons. The van der Waals surface area contributed by atoms with Crippen LogP contribution >= 0.6 is 11.8 Å². The Bertz CT molecular complexity index is 1040. The van der Waals surface area contributed by atoms with Crippen molar-refractivity contribution in [1.29, 1.82) is 0 Å². The van der Waals surface area contributed by atoms with Gasteiger partial charge in [-0.3, -0.25) is 14.2 Å². The number of fused-ring (bicyclic) bond motifs is 1. The van der Waals surface area contributed by atoms with Gasteiger partial charge in [0.1, 0.15) is 17.8 Å². The van der Waals surface area contributed by atoms with Gasteiger partial charge in [0, 0.05) is 19.3 Å². The Morgan fingerprint density at radius 3 is 2.59 bits per heavy atom. The van der Waals surface area contributed by atoms with Crippen LogP contribution in [0.5, 0.6) is 0 Å². The van der Waals surface area contributed by atoms with Crippen molar-refractivity contribution in [3.8, 4) is 0 Å². The minimum atomic E-state index is -0.618. The van der Waals surface area contributed by atoms with E-state index in [1.165, 1.54) is 28.9 Å². The highest BCUT2D eigenvalue weighted by molar-refractivity contribution is 7.99. The molecule has 0 N–H and O–H groups in total. The monoisotopic (exact) mass is 411 g/mol. The highest BCUT2D eigenvalue weighted by atomic mass is 32.2. The van der Waals surface area contributed by atoms with Crippen molar-refractivity contribution in [3.63, 3.8) is 0 Å². The smallest absolute Gasteiger partial charge is 0.265 e. The molecule has 0 saturated carbocycles. The van der Waals surface area contributed by atoms with Gasteiger partial charge in [0.05, 0.1) is 0 Å². The molecular weight excluding hydrogens is 386 g/mol. The molecule has 0 aliphatic heterocycles. The molecule has 3 rings (SSSR count). The van der Waals surface area contributed by atoms with Crippen LogP contribution in [-0.2, 0) is 11.3 Å². The van der Waals surface area contributed by atoms with E-state index in [0.29, 0.717) is 35.7 Å². The maximum atomic E-state index is 13.2. The van der Waals surface area contributed by atoms with Crippen molar-refractivity contribution in [2.24, 2.45) is 0 Å². The van der Waals surface area contributed by atoms with Gasteiger partial charge in [-0.1, -0.05) is 55.9 Å². The third-order valence-electron chi connectivity index (χ3n) is 4.71. The first kappa shape index (κ1) is 21.0. The predicted molar refractivity (Wildman–Crippen MR) is 115 cm³/mol. The van der Waals surface area contributed by atoms with E-state index in [-0.39, 0.29) is 11.5 Å². The summed E-state index contributed by atoms with van der Waals surface area (Å²) in [6, 6.07) is 9.21. The molecule has 1 atom stereocenters. The van der Waals surface area contributed by atoms with Gasteiger partial charge in [-0.25, -0.2) is 15.0 Å². The van der Waals surface area contributed by atoms with Gasteiger partial charge in [-0.15, -0.1) is 0 Å². The number of hydrogen-bond donors (Lipinski definition) is 0. The summed E-state index contributed by atoms with van der Waals surface area (Å²) in [6.07, 6.45) is 3.42. The molecule has 1 amide bonds. The summed E-state index contributed by atoms with van der Waals surface area (Å²) in [5.41, 5.74) is 1.12. The summed E-state index contributed by atoms with van der Waals surface area (Å²) in [5, 5.41) is 0.915. The first-order chi connectivity index (χ1) is 14.1. The van der Waals surface area contributed by atoms with Crippen molar-refractivity contribution in [3.05, 3.63) is 58.8 Å². The number of thioether (sulfide) groups is 1. The molecular formula is C21H25N5O2S. The fraction of sp³-hybridized carbons (Fsp3) is 0.381. The van der Waals surface area contributed by atoms with Crippen molar-refractivity contribution >= 4 is 28.7 Å². The second kappa shape index (κ2) is 9.65. The van der Waals surface area contributed by atoms with Crippen LogP contribution in [0.1, 0.15) is 38.8 Å². The van der Waals surface area contributed by atoms with Crippen LogP contribution in [0.2, 0.25) is 0 Å². The maximum absolute atomic E-state index is 13.2.